The molecule has 1 fully saturated rings. The first-order chi connectivity index (χ1) is 6.15. The van der Waals surface area contributed by atoms with Crippen LogP contribution in [0, 0.1) is 6.92 Å². The van der Waals surface area contributed by atoms with Gasteiger partial charge in [-0.15, -0.1) is 0 Å². The van der Waals surface area contributed by atoms with E-state index in [4.69, 9.17) is 16.7 Å². The Bertz CT molecular complexity index is 305. The molecule has 1 saturated heterocycles. The second-order valence-corrected chi connectivity index (χ2v) is 3.54. The van der Waals surface area contributed by atoms with Gasteiger partial charge in [0.05, 0.1) is 6.10 Å². The van der Waals surface area contributed by atoms with Crippen molar-refractivity contribution in [2.75, 3.05) is 18.0 Å². The van der Waals surface area contributed by atoms with E-state index in [1.165, 1.54) is 0 Å². The van der Waals surface area contributed by atoms with Crippen LogP contribution in [0.2, 0.25) is 5.15 Å². The monoisotopic (exact) mass is 199 g/mol. The Morgan fingerprint density at radius 2 is 2.23 bits per heavy atom. The summed E-state index contributed by atoms with van der Waals surface area (Å²) in [4.78, 5) is 10.1. The van der Waals surface area contributed by atoms with Gasteiger partial charge in [-0.2, -0.15) is 0 Å². The molecule has 1 N–H and O–H groups in total. The Kier molecular flexibility index (Phi) is 2.09. The lowest BCUT2D eigenvalue weighted by Gasteiger charge is -2.36. The molecule has 0 radical (unpaired) electrons. The summed E-state index contributed by atoms with van der Waals surface area (Å²) >= 11 is 5.77. The highest BCUT2D eigenvalue weighted by molar-refractivity contribution is 6.29. The number of β-amino-alcohol motifs (C(OH)–C–C–N with tert-alkyl or cyclic N) is 1. The third-order valence-corrected chi connectivity index (χ3v) is 2.17. The fraction of sp³-hybridized carbons (Fsp3) is 0.500. The summed E-state index contributed by atoms with van der Waals surface area (Å²) < 4.78 is 0. The number of aliphatic hydroxyl groups excluding tert-OH is 1. The number of aryl methyl sites for hydroxylation is 1. The van der Waals surface area contributed by atoms with Crippen molar-refractivity contribution in [3.63, 3.8) is 0 Å². The highest BCUT2D eigenvalue weighted by Crippen LogP contribution is 2.20. The van der Waals surface area contributed by atoms with E-state index in [0.717, 1.165) is 5.82 Å². The van der Waals surface area contributed by atoms with Crippen LogP contribution in [0.1, 0.15) is 5.82 Å². The molecule has 0 unspecified atom stereocenters. The minimum Gasteiger partial charge on any atom is -0.389 e. The predicted molar refractivity (Wildman–Crippen MR) is 50.0 cm³/mol. The van der Waals surface area contributed by atoms with Crippen molar-refractivity contribution in [3.8, 4) is 0 Å². The van der Waals surface area contributed by atoms with E-state index in [9.17, 15) is 0 Å². The Labute approximate surface area is 81.2 Å². The Morgan fingerprint density at radius 1 is 1.54 bits per heavy atom. The molecule has 1 aliphatic heterocycles. The lowest BCUT2D eigenvalue weighted by molar-refractivity contribution is 0.141. The Hall–Kier alpha value is -0.870. The van der Waals surface area contributed by atoms with Crippen molar-refractivity contribution >= 4 is 17.4 Å². The van der Waals surface area contributed by atoms with Gasteiger partial charge in [0.2, 0.25) is 0 Å². The first-order valence-electron chi connectivity index (χ1n) is 4.09. The number of anilines is 1. The van der Waals surface area contributed by atoms with Crippen molar-refractivity contribution in [3.05, 3.63) is 17.0 Å². The molecule has 0 atom stereocenters. The van der Waals surface area contributed by atoms with E-state index >= 15 is 0 Å². The summed E-state index contributed by atoms with van der Waals surface area (Å²) in [5.41, 5.74) is 0. The summed E-state index contributed by atoms with van der Waals surface area (Å²) in [7, 11) is 0. The van der Waals surface area contributed by atoms with Crippen molar-refractivity contribution in [2.24, 2.45) is 0 Å². The van der Waals surface area contributed by atoms with Crippen molar-refractivity contribution in [2.45, 2.75) is 13.0 Å². The number of nitrogens with zero attached hydrogens (tertiary/aromatic N) is 3. The fourth-order valence-corrected chi connectivity index (χ4v) is 1.54. The lowest BCUT2D eigenvalue weighted by Crippen LogP contribution is -2.51. The van der Waals surface area contributed by atoms with Crippen LogP contribution in [0.15, 0.2) is 6.07 Å². The van der Waals surface area contributed by atoms with E-state index in [0.29, 0.717) is 24.1 Å². The SMILES string of the molecule is Cc1nc(Cl)cc(N2CC(O)C2)n1. The molecular formula is C8H10ClN3O. The van der Waals surface area contributed by atoms with E-state index in [1.807, 2.05) is 4.90 Å². The zero-order valence-corrected chi connectivity index (χ0v) is 7.99. The molecule has 0 saturated carbocycles. The molecule has 0 bridgehead atoms. The highest BCUT2D eigenvalue weighted by Gasteiger charge is 2.25. The summed E-state index contributed by atoms with van der Waals surface area (Å²) in [6.45, 7) is 3.06. The summed E-state index contributed by atoms with van der Waals surface area (Å²) in [5.74, 6) is 1.45. The van der Waals surface area contributed by atoms with Gasteiger partial charge in [0, 0.05) is 19.2 Å². The topological polar surface area (TPSA) is 49.2 Å². The van der Waals surface area contributed by atoms with Crippen molar-refractivity contribution in [1.29, 1.82) is 0 Å². The average molecular weight is 200 g/mol. The predicted octanol–water partition coefficient (Wildman–Crippen LogP) is 0.619. The standard InChI is InChI=1S/C8H10ClN3O/c1-5-10-7(9)2-8(11-5)12-3-6(13)4-12/h2,6,13H,3-4H2,1H3. The van der Waals surface area contributed by atoms with Gasteiger partial charge in [-0.1, -0.05) is 11.6 Å². The third kappa shape index (κ3) is 1.73. The Morgan fingerprint density at radius 3 is 2.77 bits per heavy atom. The summed E-state index contributed by atoms with van der Waals surface area (Å²) in [6, 6.07) is 1.71. The molecule has 1 aromatic heterocycles. The molecule has 2 heterocycles. The molecule has 2 rings (SSSR count). The van der Waals surface area contributed by atoms with Crippen LogP contribution in [-0.4, -0.2) is 34.3 Å². The molecule has 1 aliphatic rings. The maximum Gasteiger partial charge on any atom is 0.134 e. The van der Waals surface area contributed by atoms with Gasteiger partial charge in [0.25, 0.3) is 0 Å². The largest absolute Gasteiger partial charge is 0.389 e. The van der Waals surface area contributed by atoms with E-state index in [-0.39, 0.29) is 6.10 Å². The van der Waals surface area contributed by atoms with Gasteiger partial charge >= 0.3 is 0 Å². The maximum atomic E-state index is 9.10. The van der Waals surface area contributed by atoms with Crippen molar-refractivity contribution < 1.29 is 5.11 Å². The summed E-state index contributed by atoms with van der Waals surface area (Å²) in [6.07, 6.45) is -0.228. The minimum atomic E-state index is -0.228. The molecule has 0 amide bonds. The average Bonchev–Trinajstić information content (AvgIpc) is 1.96. The first kappa shape index (κ1) is 8.72. The van der Waals surface area contributed by atoms with Gasteiger partial charge in [-0.3, -0.25) is 0 Å². The van der Waals surface area contributed by atoms with Crippen LogP contribution in [0.5, 0.6) is 0 Å². The molecule has 0 spiro atoms. The third-order valence-electron chi connectivity index (χ3n) is 1.98. The van der Waals surface area contributed by atoms with Crippen LogP contribution >= 0.6 is 11.6 Å². The zero-order valence-electron chi connectivity index (χ0n) is 7.24. The number of aromatic nitrogens is 2. The quantitative estimate of drug-likeness (QED) is 0.674. The van der Waals surface area contributed by atoms with E-state index in [2.05, 4.69) is 9.97 Å². The van der Waals surface area contributed by atoms with Crippen LogP contribution < -0.4 is 4.90 Å². The number of aliphatic hydroxyl groups is 1. The second kappa shape index (κ2) is 3.12. The van der Waals surface area contributed by atoms with Gasteiger partial charge in [-0.25, -0.2) is 9.97 Å². The van der Waals surface area contributed by atoms with Gasteiger partial charge < -0.3 is 10.0 Å². The van der Waals surface area contributed by atoms with Crippen LogP contribution in [0.3, 0.4) is 0 Å². The number of halogens is 1. The number of rotatable bonds is 1. The normalized spacial score (nSPS) is 17.3. The maximum absolute atomic E-state index is 9.10. The minimum absolute atomic E-state index is 0.228. The van der Waals surface area contributed by atoms with Crippen molar-refractivity contribution in [1.82, 2.24) is 9.97 Å². The highest BCUT2D eigenvalue weighted by atomic mass is 35.5. The van der Waals surface area contributed by atoms with Gasteiger partial charge in [-0.05, 0) is 6.92 Å². The van der Waals surface area contributed by atoms with Gasteiger partial charge in [0.15, 0.2) is 0 Å². The number of hydrogen-bond donors (Lipinski definition) is 1. The second-order valence-electron chi connectivity index (χ2n) is 3.15. The Balaban J connectivity index is 2.21. The van der Waals surface area contributed by atoms with Crippen LogP contribution in [0.4, 0.5) is 5.82 Å². The van der Waals surface area contributed by atoms with Gasteiger partial charge in [0.1, 0.15) is 16.8 Å². The van der Waals surface area contributed by atoms with E-state index < -0.39 is 0 Å². The number of hydrogen-bond acceptors (Lipinski definition) is 4. The van der Waals surface area contributed by atoms with E-state index in [1.54, 1.807) is 13.0 Å². The molecular weight excluding hydrogens is 190 g/mol. The molecule has 1 aromatic rings. The molecule has 0 aliphatic carbocycles. The molecule has 70 valence electrons. The summed E-state index contributed by atoms with van der Waals surface area (Å²) in [5, 5.41) is 9.55. The molecule has 0 aromatic carbocycles. The fourth-order valence-electron chi connectivity index (χ4n) is 1.32. The molecule has 4 nitrogen and oxygen atoms in total. The van der Waals surface area contributed by atoms with Crippen LogP contribution in [0.25, 0.3) is 0 Å². The first-order valence-corrected chi connectivity index (χ1v) is 4.47. The lowest BCUT2D eigenvalue weighted by atomic mass is 10.2. The molecule has 5 heteroatoms. The smallest absolute Gasteiger partial charge is 0.134 e. The molecule has 13 heavy (non-hydrogen) atoms. The van der Waals surface area contributed by atoms with Crippen LogP contribution in [-0.2, 0) is 0 Å². The zero-order chi connectivity index (χ0) is 9.42.